The van der Waals surface area contributed by atoms with Gasteiger partial charge in [0, 0.05) is 19.1 Å². The van der Waals surface area contributed by atoms with Gasteiger partial charge < -0.3 is 10.2 Å². The molecule has 3 atom stereocenters. The number of piperidine rings is 1. The normalized spacial score (nSPS) is 48.3. The van der Waals surface area contributed by atoms with Gasteiger partial charge in [0.15, 0.2) is 0 Å². The van der Waals surface area contributed by atoms with Crippen molar-refractivity contribution in [3.05, 3.63) is 0 Å². The van der Waals surface area contributed by atoms with E-state index in [-0.39, 0.29) is 0 Å². The molecule has 2 bridgehead atoms. The number of hydrogen-bond acceptors (Lipinski definition) is 2. The fraction of sp³-hybridized carbons (Fsp3) is 1.00. The lowest BCUT2D eigenvalue weighted by atomic mass is 10.0. The highest BCUT2D eigenvalue weighted by atomic mass is 15.2. The van der Waals surface area contributed by atoms with E-state index in [2.05, 4.69) is 17.3 Å². The molecule has 1 N–H and O–H groups in total. The van der Waals surface area contributed by atoms with Gasteiger partial charge >= 0.3 is 0 Å². The third kappa shape index (κ3) is 0.775. The Labute approximate surface area is 56.2 Å². The van der Waals surface area contributed by atoms with E-state index in [9.17, 15) is 0 Å². The van der Waals surface area contributed by atoms with Crippen LogP contribution in [0.15, 0.2) is 0 Å². The minimum Gasteiger partial charge on any atom is -0.315 e. The van der Waals surface area contributed by atoms with Gasteiger partial charge in [-0.2, -0.15) is 0 Å². The minimum atomic E-state index is 0.804. The van der Waals surface area contributed by atoms with E-state index in [4.69, 9.17) is 0 Å². The van der Waals surface area contributed by atoms with Crippen LogP contribution in [0, 0.1) is 5.92 Å². The van der Waals surface area contributed by atoms with Crippen LogP contribution in [-0.2, 0) is 0 Å². The van der Waals surface area contributed by atoms with Gasteiger partial charge in [-0.3, -0.25) is 0 Å². The predicted molar refractivity (Wildman–Crippen MR) is 37.4 cm³/mol. The molecule has 0 radical (unpaired) electrons. The zero-order chi connectivity index (χ0) is 6.27. The molecule has 52 valence electrons. The van der Waals surface area contributed by atoms with E-state index in [0.29, 0.717) is 0 Å². The first-order valence-corrected chi connectivity index (χ1v) is 3.80. The summed E-state index contributed by atoms with van der Waals surface area (Å²) >= 11 is 0. The third-order valence-corrected chi connectivity index (χ3v) is 2.70. The number of rotatable bonds is 1. The first-order valence-electron chi connectivity index (χ1n) is 3.80. The maximum absolute atomic E-state index is 3.35. The monoisotopic (exact) mass is 126 g/mol. The molecule has 0 amide bonds. The summed E-state index contributed by atoms with van der Waals surface area (Å²) in [5.74, 6) is 0.968. The van der Waals surface area contributed by atoms with Crippen LogP contribution in [0.4, 0.5) is 0 Å². The number of nitrogens with one attached hydrogen (secondary N) is 1. The van der Waals surface area contributed by atoms with Crippen LogP contribution in [0.25, 0.3) is 0 Å². The van der Waals surface area contributed by atoms with Crippen LogP contribution in [0.1, 0.15) is 6.42 Å². The summed E-state index contributed by atoms with van der Waals surface area (Å²) in [6.07, 6.45) is 1.42. The molecule has 2 aliphatic heterocycles. The van der Waals surface area contributed by atoms with Crippen LogP contribution >= 0.6 is 0 Å². The van der Waals surface area contributed by atoms with E-state index in [1.807, 2.05) is 0 Å². The average molecular weight is 126 g/mol. The van der Waals surface area contributed by atoms with Crippen LogP contribution in [0.5, 0.6) is 0 Å². The molecule has 0 aliphatic carbocycles. The van der Waals surface area contributed by atoms with Gasteiger partial charge in [-0.15, -0.1) is 0 Å². The Morgan fingerprint density at radius 3 is 2.67 bits per heavy atom. The molecule has 1 unspecified atom stereocenters. The first kappa shape index (κ1) is 5.69. The average Bonchev–Trinajstić information content (AvgIpc) is 2.45. The highest BCUT2D eigenvalue weighted by Crippen LogP contribution is 2.27. The van der Waals surface area contributed by atoms with E-state index in [1.54, 1.807) is 0 Å². The van der Waals surface area contributed by atoms with Crippen LogP contribution < -0.4 is 5.32 Å². The molecular formula is C7H14N2. The second-order valence-corrected chi connectivity index (χ2v) is 3.20. The summed E-state index contributed by atoms with van der Waals surface area (Å²) in [6, 6.07) is 0.804. The molecule has 0 aromatic carbocycles. The predicted octanol–water partition coefficient (Wildman–Crippen LogP) is -0.0901. The second-order valence-electron chi connectivity index (χ2n) is 3.20. The zero-order valence-electron chi connectivity index (χ0n) is 5.93. The van der Waals surface area contributed by atoms with E-state index >= 15 is 0 Å². The molecule has 9 heavy (non-hydrogen) atoms. The highest BCUT2D eigenvalue weighted by molar-refractivity contribution is 4.93. The van der Waals surface area contributed by atoms with Gasteiger partial charge in [-0.1, -0.05) is 0 Å². The fourth-order valence-electron chi connectivity index (χ4n) is 2.11. The van der Waals surface area contributed by atoms with Gasteiger partial charge in [-0.25, -0.2) is 0 Å². The highest BCUT2D eigenvalue weighted by Gasteiger charge is 2.36. The minimum absolute atomic E-state index is 0.804. The molecule has 0 saturated carbocycles. The van der Waals surface area contributed by atoms with Crippen molar-refractivity contribution in [3.8, 4) is 0 Å². The molecule has 0 aromatic rings. The largest absolute Gasteiger partial charge is 0.315 e. The molecule has 2 rings (SSSR count). The van der Waals surface area contributed by atoms with Crippen molar-refractivity contribution in [2.45, 2.75) is 12.5 Å². The summed E-state index contributed by atoms with van der Waals surface area (Å²) in [4.78, 5) is 2.55. The summed E-state index contributed by atoms with van der Waals surface area (Å²) in [7, 11) is 2.08. The van der Waals surface area contributed by atoms with Crippen molar-refractivity contribution in [2.24, 2.45) is 5.92 Å². The molecule has 2 fully saturated rings. The number of hydrogen-bond donors (Lipinski definition) is 1. The smallest absolute Gasteiger partial charge is 0.0232 e. The third-order valence-electron chi connectivity index (χ3n) is 2.70. The van der Waals surface area contributed by atoms with Gasteiger partial charge in [0.05, 0.1) is 0 Å². The number of nitrogens with zero attached hydrogens (tertiary/aromatic N) is 1. The van der Waals surface area contributed by atoms with Crippen molar-refractivity contribution in [1.82, 2.24) is 10.2 Å². The Hall–Kier alpha value is -0.0800. The topological polar surface area (TPSA) is 15.3 Å². The van der Waals surface area contributed by atoms with Crippen LogP contribution in [0.2, 0.25) is 0 Å². The Kier molecular flexibility index (Phi) is 1.24. The van der Waals surface area contributed by atoms with Crippen LogP contribution in [0.3, 0.4) is 0 Å². The van der Waals surface area contributed by atoms with Gasteiger partial charge in [0.1, 0.15) is 0 Å². The molecule has 0 aromatic heterocycles. The lowest BCUT2D eigenvalue weighted by molar-refractivity contribution is 0.325. The molecule has 2 saturated heterocycles. The van der Waals surface area contributed by atoms with Crippen molar-refractivity contribution >= 4 is 0 Å². The van der Waals surface area contributed by atoms with Gasteiger partial charge in [0.2, 0.25) is 0 Å². The summed E-state index contributed by atoms with van der Waals surface area (Å²) < 4.78 is 0. The summed E-state index contributed by atoms with van der Waals surface area (Å²) in [6.45, 7) is 4.00. The molecule has 0 spiro atoms. The lowest BCUT2D eigenvalue weighted by Gasteiger charge is -2.20. The van der Waals surface area contributed by atoms with Crippen LogP contribution in [-0.4, -0.2) is 37.6 Å². The summed E-state index contributed by atoms with van der Waals surface area (Å²) in [5.41, 5.74) is 0. The Bertz CT molecular complexity index is 113. The zero-order valence-corrected chi connectivity index (χ0v) is 5.93. The van der Waals surface area contributed by atoms with Crippen molar-refractivity contribution in [3.63, 3.8) is 0 Å². The Morgan fingerprint density at radius 2 is 2.33 bits per heavy atom. The van der Waals surface area contributed by atoms with Crippen molar-refractivity contribution < 1.29 is 0 Å². The second kappa shape index (κ2) is 1.96. The summed E-state index contributed by atoms with van der Waals surface area (Å²) in [5, 5.41) is 3.35. The quantitative estimate of drug-likeness (QED) is 0.528. The first-order chi connectivity index (χ1) is 4.40. The van der Waals surface area contributed by atoms with Crippen molar-refractivity contribution in [2.75, 3.05) is 26.7 Å². The van der Waals surface area contributed by atoms with Gasteiger partial charge in [-0.05, 0) is 25.9 Å². The SMILES string of the molecule is CN[C@@H]1CN2CC[C@H]1C2. The molecule has 2 nitrogen and oxygen atoms in total. The lowest BCUT2D eigenvalue weighted by Crippen LogP contribution is -2.37. The van der Waals surface area contributed by atoms with Gasteiger partial charge in [0.25, 0.3) is 0 Å². The maximum atomic E-state index is 3.35. The number of likely N-dealkylation sites (N-methyl/N-ethyl adjacent to an activating group) is 1. The molecule has 2 heteroatoms. The van der Waals surface area contributed by atoms with E-state index < -0.39 is 0 Å². The van der Waals surface area contributed by atoms with Crippen molar-refractivity contribution in [1.29, 1.82) is 0 Å². The number of fused-ring (bicyclic) bond motifs is 2. The fourth-order valence-corrected chi connectivity index (χ4v) is 2.11. The Morgan fingerprint density at radius 1 is 1.44 bits per heavy atom. The van der Waals surface area contributed by atoms with E-state index in [0.717, 1.165) is 12.0 Å². The maximum Gasteiger partial charge on any atom is 0.0232 e. The molecular weight excluding hydrogens is 112 g/mol. The standard InChI is InChI=1S/C7H14N2/c1-8-7-5-9-3-2-6(7)4-9/h6-8H,2-5H2,1H3/t6-,7+/m0/s1. The Balaban J connectivity index is 2.01. The molecule has 2 aliphatic rings. The van der Waals surface area contributed by atoms with E-state index in [1.165, 1.54) is 26.1 Å². The molecule has 2 heterocycles.